The van der Waals surface area contributed by atoms with Crippen molar-refractivity contribution in [3.8, 4) is 5.75 Å². The summed E-state index contributed by atoms with van der Waals surface area (Å²) in [6, 6.07) is 6.19. The molecule has 1 aliphatic rings. The molecule has 0 aromatic heterocycles. The Hall–Kier alpha value is -2.24. The van der Waals surface area contributed by atoms with E-state index in [9.17, 15) is 9.59 Å². The fraction of sp³-hybridized carbons (Fsp3) is 0.636. The molecule has 1 aliphatic heterocycles. The molecule has 2 rings (SSSR count). The van der Waals surface area contributed by atoms with Crippen molar-refractivity contribution in [2.75, 3.05) is 24.7 Å². The third-order valence-electron chi connectivity index (χ3n) is 4.68. The van der Waals surface area contributed by atoms with Gasteiger partial charge in [-0.2, -0.15) is 0 Å². The second-order valence-electron chi connectivity index (χ2n) is 7.01. The average Bonchev–Trinajstić information content (AvgIpc) is 3.44. The summed E-state index contributed by atoms with van der Waals surface area (Å²) >= 11 is 0. The van der Waals surface area contributed by atoms with Gasteiger partial charge in [-0.3, -0.25) is 0 Å². The Labute approximate surface area is 168 Å². The predicted octanol–water partition coefficient (Wildman–Crippen LogP) is 4.11. The van der Waals surface area contributed by atoms with E-state index >= 15 is 0 Å². The monoisotopic (exact) mass is 391 g/mol. The fourth-order valence-electron chi connectivity index (χ4n) is 2.94. The van der Waals surface area contributed by atoms with E-state index in [-0.39, 0.29) is 11.9 Å². The zero-order valence-electron chi connectivity index (χ0n) is 17.3. The summed E-state index contributed by atoms with van der Waals surface area (Å²) in [6.45, 7) is 7.50. The van der Waals surface area contributed by atoms with Gasteiger partial charge in [-0.05, 0) is 31.4 Å². The van der Waals surface area contributed by atoms with Crippen LogP contribution in [0.3, 0.4) is 0 Å². The fourth-order valence-corrected chi connectivity index (χ4v) is 2.94. The Morgan fingerprint density at radius 2 is 1.32 bits per heavy atom. The van der Waals surface area contributed by atoms with Gasteiger partial charge in [0.1, 0.15) is 5.75 Å². The lowest BCUT2D eigenvalue weighted by atomic mass is 10.3. The molecule has 0 unspecified atom stereocenters. The molecule has 6 heteroatoms. The number of ether oxygens (including phenoxy) is 3. The molecule has 0 bridgehead atoms. The van der Waals surface area contributed by atoms with Crippen molar-refractivity contribution in [2.45, 2.75) is 71.4 Å². The van der Waals surface area contributed by atoms with Crippen LogP contribution in [0, 0.1) is 0 Å². The van der Waals surface area contributed by atoms with E-state index in [4.69, 9.17) is 14.2 Å². The van der Waals surface area contributed by atoms with Crippen LogP contribution in [-0.2, 0) is 19.1 Å². The van der Waals surface area contributed by atoms with Gasteiger partial charge in [-0.15, -0.1) is 0 Å². The number of rotatable bonds is 13. The first-order chi connectivity index (χ1) is 13.7. The van der Waals surface area contributed by atoms with E-state index in [0.29, 0.717) is 25.6 Å². The Morgan fingerprint density at radius 1 is 0.821 bits per heavy atom. The Balaban J connectivity index is 2.13. The highest BCUT2D eigenvalue weighted by molar-refractivity contribution is 6.01. The summed E-state index contributed by atoms with van der Waals surface area (Å²) in [5.74, 6) is -0.0883. The summed E-state index contributed by atoms with van der Waals surface area (Å²) in [6.07, 6.45) is 5.47. The van der Waals surface area contributed by atoms with Gasteiger partial charge < -0.3 is 19.1 Å². The van der Waals surface area contributed by atoms with Gasteiger partial charge in [-0.25, -0.2) is 9.59 Å². The van der Waals surface area contributed by atoms with E-state index in [2.05, 4.69) is 6.92 Å². The molecule has 1 fully saturated rings. The second-order valence-corrected chi connectivity index (χ2v) is 7.01. The highest BCUT2D eigenvalue weighted by atomic mass is 16.5. The van der Waals surface area contributed by atoms with Crippen LogP contribution >= 0.6 is 0 Å². The average molecular weight is 392 g/mol. The summed E-state index contributed by atoms with van der Waals surface area (Å²) in [5, 5.41) is 0. The maximum atomic E-state index is 12.6. The number of carbonyl (C=O) groups excluding carboxylic acids is 2. The maximum absolute atomic E-state index is 12.6. The number of unbranched alkanes of at least 4 members (excludes halogenated alkanes) is 3. The topological polar surface area (TPSA) is 64.8 Å². The van der Waals surface area contributed by atoms with E-state index in [0.717, 1.165) is 44.2 Å². The molecule has 0 amide bonds. The molecule has 1 aromatic carbocycles. The second kappa shape index (κ2) is 11.6. The lowest BCUT2D eigenvalue weighted by Crippen LogP contribution is -2.21. The SMILES string of the molecule is CCCCOC(=O)[C@@H]1[C@H](C(=O)OCCCC)N1c1ccccc1OCCCC. The van der Waals surface area contributed by atoms with Gasteiger partial charge in [0.2, 0.25) is 0 Å². The number of hydrogen-bond donors (Lipinski definition) is 0. The molecule has 1 heterocycles. The van der Waals surface area contributed by atoms with Crippen LogP contribution in [0.2, 0.25) is 0 Å². The first-order valence-electron chi connectivity index (χ1n) is 10.5. The normalized spacial score (nSPS) is 17.9. The molecule has 156 valence electrons. The Kier molecular flexibility index (Phi) is 9.11. The van der Waals surface area contributed by atoms with Gasteiger partial charge in [0.05, 0.1) is 25.5 Å². The number of carbonyl (C=O) groups is 2. The molecule has 0 N–H and O–H groups in total. The van der Waals surface area contributed by atoms with Crippen LogP contribution in [0.1, 0.15) is 59.3 Å². The van der Waals surface area contributed by atoms with Crippen molar-refractivity contribution in [3.63, 3.8) is 0 Å². The smallest absolute Gasteiger partial charge is 0.331 e. The number of esters is 2. The molecule has 0 aliphatic carbocycles. The molecule has 6 nitrogen and oxygen atoms in total. The van der Waals surface area contributed by atoms with Crippen LogP contribution in [0.4, 0.5) is 5.69 Å². The first kappa shape index (κ1) is 22.1. The summed E-state index contributed by atoms with van der Waals surface area (Å²) in [5.41, 5.74) is 0.730. The Morgan fingerprint density at radius 3 is 1.86 bits per heavy atom. The van der Waals surface area contributed by atoms with Gasteiger partial charge in [0, 0.05) is 0 Å². The van der Waals surface area contributed by atoms with Gasteiger partial charge >= 0.3 is 11.9 Å². The van der Waals surface area contributed by atoms with Gasteiger partial charge in [0.25, 0.3) is 0 Å². The largest absolute Gasteiger partial charge is 0.491 e. The molecule has 0 radical (unpaired) electrons. The quantitative estimate of drug-likeness (QED) is 0.286. The van der Waals surface area contributed by atoms with Crippen molar-refractivity contribution >= 4 is 17.6 Å². The van der Waals surface area contributed by atoms with Crippen LogP contribution in [0.15, 0.2) is 24.3 Å². The number of benzene rings is 1. The van der Waals surface area contributed by atoms with Crippen LogP contribution < -0.4 is 9.64 Å². The number of para-hydroxylation sites is 2. The van der Waals surface area contributed by atoms with Crippen LogP contribution in [0.5, 0.6) is 5.75 Å². The van der Waals surface area contributed by atoms with Crippen LogP contribution in [-0.4, -0.2) is 43.8 Å². The van der Waals surface area contributed by atoms with Crippen molar-refractivity contribution in [2.24, 2.45) is 0 Å². The molecule has 28 heavy (non-hydrogen) atoms. The van der Waals surface area contributed by atoms with E-state index in [1.54, 1.807) is 4.90 Å². The van der Waals surface area contributed by atoms with Crippen molar-refractivity contribution < 1.29 is 23.8 Å². The summed E-state index contributed by atoms with van der Waals surface area (Å²) < 4.78 is 16.6. The zero-order valence-corrected chi connectivity index (χ0v) is 17.3. The number of hydrogen-bond acceptors (Lipinski definition) is 6. The minimum absolute atomic E-state index is 0.367. The van der Waals surface area contributed by atoms with Gasteiger partial charge in [0.15, 0.2) is 12.1 Å². The third kappa shape index (κ3) is 5.88. The summed E-state index contributed by atoms with van der Waals surface area (Å²) in [4.78, 5) is 26.9. The number of anilines is 1. The molecule has 0 spiro atoms. The maximum Gasteiger partial charge on any atom is 0.331 e. The molecule has 1 aromatic rings. The van der Waals surface area contributed by atoms with E-state index in [1.807, 2.05) is 38.1 Å². The summed E-state index contributed by atoms with van der Waals surface area (Å²) in [7, 11) is 0. The van der Waals surface area contributed by atoms with Crippen molar-refractivity contribution in [1.29, 1.82) is 0 Å². The lowest BCUT2D eigenvalue weighted by Gasteiger charge is -2.13. The zero-order chi connectivity index (χ0) is 20.4. The standard InChI is InChI=1S/C22H33NO5/c1-4-7-14-26-18-13-11-10-12-17(18)23-19(21(24)27-15-8-5-2)20(23)22(25)28-16-9-6-3/h10-13,19-20H,4-9,14-16H2,1-3H3/t19-,20+,23?. The molecular weight excluding hydrogens is 358 g/mol. The number of nitrogens with zero attached hydrogens (tertiary/aromatic N) is 1. The van der Waals surface area contributed by atoms with Crippen molar-refractivity contribution in [1.82, 2.24) is 0 Å². The third-order valence-corrected chi connectivity index (χ3v) is 4.68. The minimum atomic E-state index is -0.651. The molecule has 2 atom stereocenters. The van der Waals surface area contributed by atoms with Crippen molar-refractivity contribution in [3.05, 3.63) is 24.3 Å². The predicted molar refractivity (Wildman–Crippen MR) is 109 cm³/mol. The lowest BCUT2D eigenvalue weighted by molar-refractivity contribution is -0.147. The van der Waals surface area contributed by atoms with E-state index < -0.39 is 12.1 Å². The van der Waals surface area contributed by atoms with Gasteiger partial charge in [-0.1, -0.05) is 52.2 Å². The minimum Gasteiger partial charge on any atom is -0.491 e. The highest BCUT2D eigenvalue weighted by Gasteiger charge is 2.60. The first-order valence-corrected chi connectivity index (χ1v) is 10.5. The molecular formula is C22H33NO5. The molecule has 0 saturated carbocycles. The molecule has 1 saturated heterocycles. The highest BCUT2D eigenvalue weighted by Crippen LogP contribution is 2.42. The van der Waals surface area contributed by atoms with Crippen LogP contribution in [0.25, 0.3) is 0 Å². The van der Waals surface area contributed by atoms with E-state index in [1.165, 1.54) is 0 Å². The Bertz CT molecular complexity index is 605.